The quantitative estimate of drug-likeness (QED) is 0.537. The molecule has 2 heteroatoms. The average Bonchev–Trinajstić information content (AvgIpc) is 2.47. The van der Waals surface area contributed by atoms with Crippen LogP contribution in [0.4, 0.5) is 0 Å². The molecule has 0 N–H and O–H groups in total. The predicted octanol–water partition coefficient (Wildman–Crippen LogP) is 4.59. The Morgan fingerprint density at radius 2 is 1.74 bits per heavy atom. The first-order valence-corrected chi connectivity index (χ1v) is 6.96. The molecule has 0 unspecified atom stereocenters. The Morgan fingerprint density at radius 3 is 2.68 bits per heavy atom. The van der Waals surface area contributed by atoms with E-state index in [-0.39, 0.29) is 0 Å². The van der Waals surface area contributed by atoms with Crippen LogP contribution in [0, 0.1) is 4.64 Å². The highest BCUT2D eigenvalue weighted by Crippen LogP contribution is 2.32. The SMILES string of the molecule is S=c1c2ccccc2cc2n1CCc1ccccc1-2. The lowest BCUT2D eigenvalue weighted by Crippen LogP contribution is -2.13. The Hall–Kier alpha value is -1.93. The number of aromatic nitrogens is 1. The molecule has 0 spiro atoms. The molecule has 1 aromatic heterocycles. The Bertz CT molecular complexity index is 845. The minimum absolute atomic E-state index is 0.961. The van der Waals surface area contributed by atoms with Gasteiger partial charge >= 0.3 is 0 Å². The fraction of sp³-hybridized carbons (Fsp3) is 0.118. The number of benzene rings is 2. The second-order valence-electron chi connectivity index (χ2n) is 4.98. The van der Waals surface area contributed by atoms with Crippen LogP contribution in [0.1, 0.15) is 5.56 Å². The summed E-state index contributed by atoms with van der Waals surface area (Å²) in [4.78, 5) is 0. The topological polar surface area (TPSA) is 4.93 Å². The molecule has 2 heterocycles. The van der Waals surface area contributed by atoms with Gasteiger partial charge in [-0.1, -0.05) is 60.7 Å². The Morgan fingerprint density at radius 1 is 0.947 bits per heavy atom. The summed E-state index contributed by atoms with van der Waals surface area (Å²) in [5, 5.41) is 2.41. The molecule has 0 saturated carbocycles. The van der Waals surface area contributed by atoms with Gasteiger partial charge in [-0.3, -0.25) is 0 Å². The zero-order valence-corrected chi connectivity index (χ0v) is 11.3. The highest BCUT2D eigenvalue weighted by Gasteiger charge is 2.16. The zero-order chi connectivity index (χ0) is 12.8. The second-order valence-corrected chi connectivity index (χ2v) is 5.37. The summed E-state index contributed by atoms with van der Waals surface area (Å²) >= 11 is 5.67. The van der Waals surface area contributed by atoms with E-state index in [1.807, 2.05) is 0 Å². The highest BCUT2D eigenvalue weighted by molar-refractivity contribution is 7.71. The first kappa shape index (κ1) is 10.9. The van der Waals surface area contributed by atoms with Gasteiger partial charge in [0, 0.05) is 23.2 Å². The molecule has 0 bridgehead atoms. The summed E-state index contributed by atoms with van der Waals surface area (Å²) in [6.45, 7) is 0.982. The molecular formula is C17H13NS. The van der Waals surface area contributed by atoms with E-state index >= 15 is 0 Å². The van der Waals surface area contributed by atoms with Crippen LogP contribution < -0.4 is 0 Å². The molecule has 2 aromatic carbocycles. The summed E-state index contributed by atoms with van der Waals surface area (Å²) in [5.41, 5.74) is 4.00. The third kappa shape index (κ3) is 1.57. The van der Waals surface area contributed by atoms with E-state index in [2.05, 4.69) is 59.2 Å². The molecule has 92 valence electrons. The Kier molecular flexibility index (Phi) is 2.32. The fourth-order valence-electron chi connectivity index (χ4n) is 2.96. The van der Waals surface area contributed by atoms with Crippen molar-refractivity contribution >= 4 is 23.0 Å². The van der Waals surface area contributed by atoms with Crippen molar-refractivity contribution in [3.05, 3.63) is 64.8 Å². The van der Waals surface area contributed by atoms with E-state index in [0.29, 0.717) is 0 Å². The van der Waals surface area contributed by atoms with Gasteiger partial charge in [-0.05, 0) is 23.4 Å². The number of aryl methyl sites for hydroxylation is 1. The van der Waals surface area contributed by atoms with E-state index in [1.165, 1.54) is 27.6 Å². The van der Waals surface area contributed by atoms with Gasteiger partial charge in [0.1, 0.15) is 4.64 Å². The smallest absolute Gasteiger partial charge is 0.114 e. The van der Waals surface area contributed by atoms with Crippen molar-refractivity contribution in [2.24, 2.45) is 0 Å². The highest BCUT2D eigenvalue weighted by atomic mass is 32.1. The fourth-order valence-corrected chi connectivity index (χ4v) is 3.34. The number of hydrogen-bond donors (Lipinski definition) is 0. The van der Waals surface area contributed by atoms with Crippen LogP contribution in [0.3, 0.4) is 0 Å². The first-order chi connectivity index (χ1) is 9.34. The number of fused-ring (bicyclic) bond motifs is 4. The number of pyridine rings is 1. The number of rotatable bonds is 0. The van der Waals surface area contributed by atoms with E-state index in [0.717, 1.165) is 17.6 Å². The molecule has 3 aromatic rings. The number of nitrogens with zero attached hydrogens (tertiary/aromatic N) is 1. The maximum absolute atomic E-state index is 5.67. The summed E-state index contributed by atoms with van der Waals surface area (Å²) < 4.78 is 3.24. The van der Waals surface area contributed by atoms with Crippen LogP contribution in [0.2, 0.25) is 0 Å². The Labute approximate surface area is 117 Å². The molecule has 1 aliphatic heterocycles. The van der Waals surface area contributed by atoms with Crippen LogP contribution in [-0.2, 0) is 13.0 Å². The van der Waals surface area contributed by atoms with Gasteiger partial charge in [-0.25, -0.2) is 0 Å². The van der Waals surface area contributed by atoms with Crippen LogP contribution in [0.25, 0.3) is 22.0 Å². The van der Waals surface area contributed by atoms with Gasteiger partial charge < -0.3 is 4.57 Å². The van der Waals surface area contributed by atoms with Crippen molar-refractivity contribution in [1.82, 2.24) is 4.57 Å². The largest absolute Gasteiger partial charge is 0.331 e. The van der Waals surface area contributed by atoms with E-state index in [9.17, 15) is 0 Å². The van der Waals surface area contributed by atoms with Crippen LogP contribution in [0.5, 0.6) is 0 Å². The molecule has 1 aliphatic rings. The maximum Gasteiger partial charge on any atom is 0.114 e. The third-order valence-corrected chi connectivity index (χ3v) is 4.36. The van der Waals surface area contributed by atoms with E-state index in [4.69, 9.17) is 12.2 Å². The molecule has 0 saturated heterocycles. The third-order valence-electron chi connectivity index (χ3n) is 3.92. The molecule has 0 radical (unpaired) electrons. The summed E-state index contributed by atoms with van der Waals surface area (Å²) in [7, 11) is 0. The molecule has 1 nitrogen and oxygen atoms in total. The minimum Gasteiger partial charge on any atom is -0.331 e. The van der Waals surface area contributed by atoms with Gasteiger partial charge in [0.05, 0.1) is 0 Å². The van der Waals surface area contributed by atoms with E-state index < -0.39 is 0 Å². The van der Waals surface area contributed by atoms with Crippen molar-refractivity contribution in [1.29, 1.82) is 0 Å². The molecule has 4 rings (SSSR count). The van der Waals surface area contributed by atoms with Gasteiger partial charge in [0.25, 0.3) is 0 Å². The molecule has 0 amide bonds. The van der Waals surface area contributed by atoms with Crippen molar-refractivity contribution < 1.29 is 0 Å². The zero-order valence-electron chi connectivity index (χ0n) is 10.5. The lowest BCUT2D eigenvalue weighted by molar-refractivity contribution is 0.676. The molecule has 0 aliphatic carbocycles. The second kappa shape index (κ2) is 4.04. The summed E-state index contributed by atoms with van der Waals surface area (Å²) in [6.07, 6.45) is 1.07. The standard InChI is InChI=1S/C17H13NS/c19-17-15-8-4-2-6-13(15)11-16-14-7-3-1-5-12(14)9-10-18(16)17/h1-8,11H,9-10H2. The lowest BCUT2D eigenvalue weighted by atomic mass is 9.96. The number of hydrogen-bond acceptors (Lipinski definition) is 1. The van der Waals surface area contributed by atoms with Crippen LogP contribution >= 0.6 is 12.2 Å². The van der Waals surface area contributed by atoms with Crippen LogP contribution in [0.15, 0.2) is 54.6 Å². The van der Waals surface area contributed by atoms with Crippen molar-refractivity contribution in [2.45, 2.75) is 13.0 Å². The van der Waals surface area contributed by atoms with Crippen molar-refractivity contribution in [3.8, 4) is 11.3 Å². The molecule has 0 atom stereocenters. The minimum atomic E-state index is 0.961. The maximum atomic E-state index is 5.67. The first-order valence-electron chi connectivity index (χ1n) is 6.55. The van der Waals surface area contributed by atoms with Crippen molar-refractivity contribution in [2.75, 3.05) is 0 Å². The lowest BCUT2D eigenvalue weighted by Gasteiger charge is -2.23. The Balaban J connectivity index is 2.15. The molecule has 0 fully saturated rings. The van der Waals surface area contributed by atoms with Gasteiger partial charge in [-0.15, -0.1) is 0 Å². The van der Waals surface area contributed by atoms with Gasteiger partial charge in [-0.2, -0.15) is 0 Å². The molecular weight excluding hydrogens is 250 g/mol. The van der Waals surface area contributed by atoms with Gasteiger partial charge in [0.2, 0.25) is 0 Å². The molecule has 19 heavy (non-hydrogen) atoms. The summed E-state index contributed by atoms with van der Waals surface area (Å²) in [5.74, 6) is 0. The normalized spacial score (nSPS) is 13.1. The van der Waals surface area contributed by atoms with E-state index in [1.54, 1.807) is 0 Å². The van der Waals surface area contributed by atoms with Crippen molar-refractivity contribution in [3.63, 3.8) is 0 Å². The average molecular weight is 263 g/mol. The predicted molar refractivity (Wildman–Crippen MR) is 81.9 cm³/mol. The van der Waals surface area contributed by atoms with Crippen LogP contribution in [-0.4, -0.2) is 4.57 Å². The summed E-state index contributed by atoms with van der Waals surface area (Å²) in [6, 6.07) is 19.3. The monoisotopic (exact) mass is 263 g/mol. The van der Waals surface area contributed by atoms with Gasteiger partial charge in [0.15, 0.2) is 0 Å².